The van der Waals surface area contributed by atoms with Gasteiger partial charge >= 0.3 is 0 Å². The zero-order chi connectivity index (χ0) is 19.9. The summed E-state index contributed by atoms with van der Waals surface area (Å²) in [4.78, 5) is 23.2. The van der Waals surface area contributed by atoms with Crippen molar-refractivity contribution in [1.82, 2.24) is 15.3 Å². The van der Waals surface area contributed by atoms with Gasteiger partial charge in [0.25, 0.3) is 5.91 Å². The fourth-order valence-corrected chi connectivity index (χ4v) is 2.85. The Bertz CT molecular complexity index is 827. The summed E-state index contributed by atoms with van der Waals surface area (Å²) in [7, 11) is 1.38. The number of morpholine rings is 1. The summed E-state index contributed by atoms with van der Waals surface area (Å²) in [6.07, 6.45) is 0. The molecular formula is C19H24FN5O3. The second-order valence-electron chi connectivity index (χ2n) is 6.32. The molecule has 1 aromatic carbocycles. The number of carbonyl (C=O) groups excluding carboxylic acids is 1. The van der Waals surface area contributed by atoms with E-state index >= 15 is 0 Å². The highest BCUT2D eigenvalue weighted by Gasteiger charge is 2.14. The van der Waals surface area contributed by atoms with E-state index in [1.807, 2.05) is 13.0 Å². The van der Waals surface area contributed by atoms with Crippen molar-refractivity contribution in [3.63, 3.8) is 0 Å². The van der Waals surface area contributed by atoms with Crippen LogP contribution in [-0.2, 0) is 4.74 Å². The smallest absolute Gasteiger partial charge is 0.251 e. The number of aryl methyl sites for hydroxylation is 1. The van der Waals surface area contributed by atoms with Crippen molar-refractivity contribution in [2.24, 2.45) is 0 Å². The molecule has 9 heteroatoms. The van der Waals surface area contributed by atoms with Gasteiger partial charge in [-0.1, -0.05) is 0 Å². The quantitative estimate of drug-likeness (QED) is 0.696. The highest BCUT2D eigenvalue weighted by atomic mass is 19.1. The number of methoxy groups -OCH3 is 1. The van der Waals surface area contributed by atoms with Gasteiger partial charge in [-0.25, -0.2) is 9.37 Å². The fourth-order valence-electron chi connectivity index (χ4n) is 2.85. The number of hydrogen-bond donors (Lipinski definition) is 2. The van der Waals surface area contributed by atoms with Crippen LogP contribution in [0.4, 0.5) is 16.2 Å². The van der Waals surface area contributed by atoms with E-state index in [1.165, 1.54) is 19.2 Å². The third kappa shape index (κ3) is 5.07. The van der Waals surface area contributed by atoms with E-state index in [2.05, 4.69) is 25.5 Å². The summed E-state index contributed by atoms with van der Waals surface area (Å²) in [5, 5.41) is 5.85. The zero-order valence-electron chi connectivity index (χ0n) is 16.0. The molecule has 0 saturated carbocycles. The lowest BCUT2D eigenvalue weighted by Gasteiger charge is -2.28. The van der Waals surface area contributed by atoms with Crippen LogP contribution >= 0.6 is 0 Å². The standard InChI is InChI=1S/C19H24FN5O3/c1-13-11-17(25-7-9-28-10-8-25)24-19(23-13)22-6-5-21-18(26)14-3-4-16(27-2)15(20)12-14/h3-4,11-12H,5-10H2,1-2H3,(H,21,26)(H,22,23,24). The van der Waals surface area contributed by atoms with Crippen LogP contribution in [0.5, 0.6) is 5.75 Å². The first-order valence-electron chi connectivity index (χ1n) is 9.11. The van der Waals surface area contributed by atoms with Crippen LogP contribution in [-0.4, -0.2) is 62.4 Å². The highest BCUT2D eigenvalue weighted by Crippen LogP contribution is 2.18. The van der Waals surface area contributed by atoms with Crippen molar-refractivity contribution in [2.45, 2.75) is 6.92 Å². The number of rotatable bonds is 7. The average Bonchev–Trinajstić information content (AvgIpc) is 2.71. The number of nitrogens with zero attached hydrogens (tertiary/aromatic N) is 3. The van der Waals surface area contributed by atoms with Gasteiger partial charge in [-0.05, 0) is 25.1 Å². The molecule has 2 N–H and O–H groups in total. The van der Waals surface area contributed by atoms with Crippen molar-refractivity contribution in [3.8, 4) is 5.75 Å². The first-order valence-corrected chi connectivity index (χ1v) is 9.11. The Labute approximate surface area is 163 Å². The minimum Gasteiger partial charge on any atom is -0.494 e. The third-order valence-electron chi connectivity index (χ3n) is 4.28. The van der Waals surface area contributed by atoms with Gasteiger partial charge in [0.15, 0.2) is 11.6 Å². The molecule has 150 valence electrons. The Morgan fingerprint density at radius 1 is 1.25 bits per heavy atom. The lowest BCUT2D eigenvalue weighted by Crippen LogP contribution is -2.37. The molecule has 2 heterocycles. The van der Waals surface area contributed by atoms with Crippen molar-refractivity contribution < 1.29 is 18.7 Å². The van der Waals surface area contributed by atoms with Gasteiger partial charge in [0.2, 0.25) is 5.95 Å². The second kappa shape index (κ2) is 9.32. The van der Waals surface area contributed by atoms with Crippen LogP contribution in [0.15, 0.2) is 24.3 Å². The van der Waals surface area contributed by atoms with Crippen LogP contribution in [0.1, 0.15) is 16.1 Å². The number of carbonyl (C=O) groups is 1. The Morgan fingerprint density at radius 2 is 2.04 bits per heavy atom. The lowest BCUT2D eigenvalue weighted by atomic mass is 10.2. The molecule has 1 amide bonds. The fraction of sp³-hybridized carbons (Fsp3) is 0.421. The average molecular weight is 389 g/mol. The summed E-state index contributed by atoms with van der Waals surface area (Å²) in [5.74, 6) is 0.535. The molecule has 1 fully saturated rings. The normalized spacial score (nSPS) is 13.9. The van der Waals surface area contributed by atoms with E-state index < -0.39 is 5.82 Å². The molecule has 28 heavy (non-hydrogen) atoms. The highest BCUT2D eigenvalue weighted by molar-refractivity contribution is 5.94. The third-order valence-corrected chi connectivity index (χ3v) is 4.28. The maximum atomic E-state index is 13.7. The molecule has 0 radical (unpaired) electrons. The van der Waals surface area contributed by atoms with Gasteiger partial charge in [-0.15, -0.1) is 0 Å². The molecule has 0 aliphatic carbocycles. The van der Waals surface area contributed by atoms with E-state index in [0.29, 0.717) is 32.3 Å². The maximum Gasteiger partial charge on any atom is 0.251 e. The largest absolute Gasteiger partial charge is 0.494 e. The van der Waals surface area contributed by atoms with Crippen LogP contribution in [0, 0.1) is 12.7 Å². The first kappa shape index (κ1) is 19.8. The minimum atomic E-state index is -0.572. The number of hydrogen-bond acceptors (Lipinski definition) is 7. The molecule has 1 saturated heterocycles. The zero-order valence-corrected chi connectivity index (χ0v) is 16.0. The van der Waals surface area contributed by atoms with Gasteiger partial charge in [-0.3, -0.25) is 4.79 Å². The first-order chi connectivity index (χ1) is 13.6. The van der Waals surface area contributed by atoms with Crippen LogP contribution in [0.2, 0.25) is 0 Å². The summed E-state index contributed by atoms with van der Waals surface area (Å²) >= 11 is 0. The van der Waals surface area contributed by atoms with E-state index in [4.69, 9.17) is 9.47 Å². The molecule has 1 aliphatic rings. The number of aromatic nitrogens is 2. The van der Waals surface area contributed by atoms with Gasteiger partial charge < -0.3 is 25.0 Å². The molecule has 1 aromatic heterocycles. The topological polar surface area (TPSA) is 88.6 Å². The van der Waals surface area contributed by atoms with Gasteiger partial charge in [0, 0.05) is 43.5 Å². The summed E-state index contributed by atoms with van der Waals surface area (Å²) in [6.45, 7) is 5.66. The maximum absolute atomic E-state index is 13.7. The lowest BCUT2D eigenvalue weighted by molar-refractivity contribution is 0.0954. The Kier molecular flexibility index (Phi) is 6.59. The van der Waals surface area contributed by atoms with Crippen molar-refractivity contribution in [2.75, 3.05) is 56.7 Å². The predicted molar refractivity (Wildman–Crippen MR) is 104 cm³/mol. The van der Waals surface area contributed by atoms with Crippen molar-refractivity contribution >= 4 is 17.7 Å². The van der Waals surface area contributed by atoms with E-state index in [0.717, 1.165) is 30.7 Å². The number of anilines is 2. The number of nitrogens with one attached hydrogen (secondary N) is 2. The molecule has 8 nitrogen and oxygen atoms in total. The molecule has 0 unspecified atom stereocenters. The minimum absolute atomic E-state index is 0.103. The Hall–Kier alpha value is -2.94. The van der Waals surface area contributed by atoms with Crippen LogP contribution in [0.3, 0.4) is 0 Å². The van der Waals surface area contributed by atoms with Crippen molar-refractivity contribution in [3.05, 3.63) is 41.3 Å². The van der Waals surface area contributed by atoms with E-state index in [9.17, 15) is 9.18 Å². The number of ether oxygens (including phenoxy) is 2. The Morgan fingerprint density at radius 3 is 2.75 bits per heavy atom. The summed E-state index contributed by atoms with van der Waals surface area (Å²) in [6, 6.07) is 6.04. The molecule has 0 atom stereocenters. The monoisotopic (exact) mass is 389 g/mol. The predicted octanol–water partition coefficient (Wildman–Crippen LogP) is 1.61. The molecule has 0 bridgehead atoms. The van der Waals surface area contributed by atoms with Gasteiger partial charge in [0.05, 0.1) is 20.3 Å². The molecule has 1 aliphatic heterocycles. The van der Waals surface area contributed by atoms with Gasteiger partial charge in [0.1, 0.15) is 5.82 Å². The summed E-state index contributed by atoms with van der Waals surface area (Å²) in [5.41, 5.74) is 1.09. The number of benzene rings is 1. The molecular weight excluding hydrogens is 365 g/mol. The molecule has 3 rings (SSSR count). The van der Waals surface area contributed by atoms with Gasteiger partial charge in [-0.2, -0.15) is 4.98 Å². The van der Waals surface area contributed by atoms with Crippen LogP contribution in [0.25, 0.3) is 0 Å². The molecule has 0 spiro atoms. The van der Waals surface area contributed by atoms with Crippen LogP contribution < -0.4 is 20.3 Å². The number of halogens is 1. The van der Waals surface area contributed by atoms with Crippen molar-refractivity contribution in [1.29, 1.82) is 0 Å². The number of amides is 1. The Balaban J connectivity index is 1.51. The summed E-state index contributed by atoms with van der Waals surface area (Å²) < 4.78 is 23.9. The van der Waals surface area contributed by atoms with E-state index in [-0.39, 0.29) is 17.2 Å². The molecule has 2 aromatic rings. The SMILES string of the molecule is COc1ccc(C(=O)NCCNc2nc(C)cc(N3CCOCC3)n2)cc1F. The van der Waals surface area contributed by atoms with E-state index in [1.54, 1.807) is 0 Å². The second-order valence-corrected chi connectivity index (χ2v) is 6.32.